The first kappa shape index (κ1) is 19.8. The van der Waals surface area contributed by atoms with Crippen LogP contribution >= 0.6 is 11.3 Å². The van der Waals surface area contributed by atoms with Gasteiger partial charge in [-0.1, -0.05) is 54.6 Å². The summed E-state index contributed by atoms with van der Waals surface area (Å²) in [6.45, 7) is 0. The molecule has 0 bridgehead atoms. The Balaban J connectivity index is 1.54. The molecule has 2 aromatic carbocycles. The predicted octanol–water partition coefficient (Wildman–Crippen LogP) is 5.36. The van der Waals surface area contributed by atoms with E-state index in [1.54, 1.807) is 42.6 Å². The van der Waals surface area contributed by atoms with Crippen molar-refractivity contribution in [2.24, 2.45) is 0 Å². The molecule has 0 fully saturated rings. The van der Waals surface area contributed by atoms with Crippen molar-refractivity contribution in [2.75, 3.05) is 0 Å². The first-order valence-electron chi connectivity index (χ1n) is 9.55. The van der Waals surface area contributed by atoms with E-state index >= 15 is 0 Å². The van der Waals surface area contributed by atoms with E-state index in [-0.39, 0.29) is 24.4 Å². The molecule has 0 radical (unpaired) electrons. The van der Waals surface area contributed by atoms with Gasteiger partial charge >= 0.3 is 5.97 Å². The zero-order valence-corrected chi connectivity index (χ0v) is 16.9. The second-order valence-corrected chi connectivity index (χ2v) is 7.74. The summed E-state index contributed by atoms with van der Waals surface area (Å²) >= 11 is 1.34. The normalized spacial score (nSPS) is 11.9. The van der Waals surface area contributed by atoms with Gasteiger partial charge in [0.1, 0.15) is 0 Å². The zero-order chi connectivity index (χ0) is 20.9. The Bertz CT molecular complexity index is 1180. The number of aromatic nitrogens is 1. The number of hydrogen-bond acceptors (Lipinski definition) is 5. The predicted molar refractivity (Wildman–Crippen MR) is 116 cm³/mol. The molecular formula is C24H19NO4S. The average Bonchev–Trinajstić information content (AvgIpc) is 3.46. The molecule has 0 aliphatic rings. The number of H-pyrrole nitrogens is 1. The van der Waals surface area contributed by atoms with Crippen LogP contribution in [0, 0.1) is 0 Å². The number of esters is 1. The van der Waals surface area contributed by atoms with Crippen LogP contribution in [0.3, 0.4) is 0 Å². The molecule has 4 rings (SSSR count). The van der Waals surface area contributed by atoms with Gasteiger partial charge in [-0.25, -0.2) is 0 Å². The second-order valence-electron chi connectivity index (χ2n) is 6.79. The number of ether oxygens (including phenoxy) is 1. The summed E-state index contributed by atoms with van der Waals surface area (Å²) in [5.74, 6) is -1.00. The largest absolute Gasteiger partial charge is 0.449 e. The van der Waals surface area contributed by atoms with Gasteiger partial charge in [-0.2, -0.15) is 0 Å². The van der Waals surface area contributed by atoms with Gasteiger partial charge < -0.3 is 9.72 Å². The first-order valence-corrected chi connectivity index (χ1v) is 10.4. The van der Waals surface area contributed by atoms with E-state index in [0.29, 0.717) is 16.0 Å². The summed E-state index contributed by atoms with van der Waals surface area (Å²) in [6.07, 6.45) is 0.523. The van der Waals surface area contributed by atoms with Crippen molar-refractivity contribution in [3.63, 3.8) is 0 Å². The van der Waals surface area contributed by atoms with Crippen molar-refractivity contribution in [1.82, 2.24) is 4.98 Å². The Morgan fingerprint density at radius 2 is 1.67 bits per heavy atom. The summed E-state index contributed by atoms with van der Waals surface area (Å²) < 4.78 is 5.59. The highest BCUT2D eigenvalue weighted by Gasteiger charge is 2.28. The highest BCUT2D eigenvalue weighted by atomic mass is 32.1. The number of carbonyl (C=O) groups is 3. The maximum atomic E-state index is 13.3. The van der Waals surface area contributed by atoms with E-state index < -0.39 is 12.1 Å². The van der Waals surface area contributed by atoms with Crippen LogP contribution in [0.4, 0.5) is 0 Å². The van der Waals surface area contributed by atoms with Gasteiger partial charge in [0.15, 0.2) is 11.9 Å². The van der Waals surface area contributed by atoms with Crippen molar-refractivity contribution < 1.29 is 19.1 Å². The lowest BCUT2D eigenvalue weighted by Gasteiger charge is -2.17. The number of para-hydroxylation sites is 1. The van der Waals surface area contributed by atoms with Crippen molar-refractivity contribution in [1.29, 1.82) is 0 Å². The monoisotopic (exact) mass is 417 g/mol. The molecule has 0 saturated heterocycles. The molecule has 1 N–H and O–H groups in total. The minimum Gasteiger partial charge on any atom is -0.449 e. The number of thiophene rings is 1. The number of fused-ring (bicyclic) bond motifs is 1. The molecule has 0 aliphatic carbocycles. The van der Waals surface area contributed by atoms with Crippen molar-refractivity contribution >= 4 is 39.8 Å². The molecule has 0 unspecified atom stereocenters. The number of aromatic amines is 1. The lowest BCUT2D eigenvalue weighted by molar-refractivity contribution is -0.147. The molecule has 6 heteroatoms. The topological polar surface area (TPSA) is 76.2 Å². The molecule has 1 atom stereocenters. The van der Waals surface area contributed by atoms with Gasteiger partial charge in [0.25, 0.3) is 0 Å². The third-order valence-corrected chi connectivity index (χ3v) is 5.71. The summed E-state index contributed by atoms with van der Waals surface area (Å²) in [6, 6.07) is 19.9. The Kier molecular flexibility index (Phi) is 5.86. The van der Waals surface area contributed by atoms with Crippen molar-refractivity contribution in [2.45, 2.75) is 18.9 Å². The minimum atomic E-state index is -1.07. The number of nitrogens with one attached hydrogen (secondary N) is 1. The van der Waals surface area contributed by atoms with E-state index in [9.17, 15) is 14.4 Å². The summed E-state index contributed by atoms with van der Waals surface area (Å²) in [5, 5.41) is 2.59. The maximum absolute atomic E-state index is 13.3. The molecule has 30 heavy (non-hydrogen) atoms. The van der Waals surface area contributed by atoms with E-state index in [4.69, 9.17) is 4.74 Å². The number of rotatable bonds is 8. The standard InChI is InChI=1S/C24H19NO4S/c26-20(21-11-6-14-30-21)12-13-22(27)29-24(16-7-2-1-3-8-16)23(28)18-15-25-19-10-5-4-9-17(18)19/h1-11,14-15,24-25H,12-13H2/t24-/m0/s1. The molecular weight excluding hydrogens is 398 g/mol. The van der Waals surface area contributed by atoms with E-state index in [2.05, 4.69) is 4.98 Å². The summed E-state index contributed by atoms with van der Waals surface area (Å²) in [7, 11) is 0. The van der Waals surface area contributed by atoms with Crippen molar-refractivity contribution in [3.05, 3.63) is 94.3 Å². The van der Waals surface area contributed by atoms with Crippen LogP contribution < -0.4 is 0 Å². The fourth-order valence-electron chi connectivity index (χ4n) is 3.28. The molecule has 0 amide bonds. The van der Waals surface area contributed by atoms with Gasteiger partial charge in [-0.15, -0.1) is 11.3 Å². The van der Waals surface area contributed by atoms with Crippen LogP contribution in [0.2, 0.25) is 0 Å². The molecule has 2 aromatic heterocycles. The van der Waals surface area contributed by atoms with Crippen LogP contribution in [0.15, 0.2) is 78.3 Å². The minimum absolute atomic E-state index is 0.0438. The van der Waals surface area contributed by atoms with Gasteiger partial charge in [-0.3, -0.25) is 14.4 Å². The third kappa shape index (κ3) is 4.23. The van der Waals surface area contributed by atoms with Crippen LogP contribution in [0.25, 0.3) is 10.9 Å². The van der Waals surface area contributed by atoms with Gasteiger partial charge in [-0.05, 0) is 17.5 Å². The molecule has 0 aliphatic heterocycles. The average molecular weight is 417 g/mol. The number of benzene rings is 2. The van der Waals surface area contributed by atoms with E-state index in [1.165, 1.54) is 11.3 Å². The van der Waals surface area contributed by atoms with Crippen LogP contribution in [-0.4, -0.2) is 22.5 Å². The molecule has 2 heterocycles. The SMILES string of the molecule is O=C(CCC(=O)c1cccs1)O[C@H](C(=O)c1c[nH]c2ccccc12)c1ccccc1. The van der Waals surface area contributed by atoms with E-state index in [0.717, 1.165) is 10.9 Å². The lowest BCUT2D eigenvalue weighted by atomic mass is 9.99. The number of hydrogen-bond donors (Lipinski definition) is 1. The quantitative estimate of drug-likeness (QED) is 0.309. The van der Waals surface area contributed by atoms with E-state index in [1.807, 2.05) is 35.7 Å². The Hall–Kier alpha value is -3.51. The molecule has 0 saturated carbocycles. The molecule has 0 spiro atoms. The summed E-state index contributed by atoms with van der Waals surface area (Å²) in [5.41, 5.74) is 1.88. The van der Waals surface area contributed by atoms with Gasteiger partial charge in [0, 0.05) is 34.6 Å². The molecule has 4 aromatic rings. The second kappa shape index (κ2) is 8.88. The fraction of sp³-hybridized carbons (Fsp3) is 0.125. The number of carbonyl (C=O) groups excluding carboxylic acids is 3. The van der Waals surface area contributed by atoms with Crippen LogP contribution in [0.1, 0.15) is 44.5 Å². The number of Topliss-reactive ketones (excluding diaryl/α,β-unsaturated/α-hetero) is 2. The maximum Gasteiger partial charge on any atom is 0.307 e. The third-order valence-electron chi connectivity index (χ3n) is 4.80. The highest BCUT2D eigenvalue weighted by Crippen LogP contribution is 2.27. The Morgan fingerprint density at radius 3 is 2.43 bits per heavy atom. The van der Waals surface area contributed by atoms with Gasteiger partial charge in [0.05, 0.1) is 11.3 Å². The Morgan fingerprint density at radius 1 is 0.900 bits per heavy atom. The molecule has 150 valence electrons. The molecule has 5 nitrogen and oxygen atoms in total. The number of ketones is 2. The fourth-order valence-corrected chi connectivity index (χ4v) is 3.98. The zero-order valence-electron chi connectivity index (χ0n) is 16.0. The van der Waals surface area contributed by atoms with Gasteiger partial charge in [0.2, 0.25) is 5.78 Å². The van der Waals surface area contributed by atoms with Crippen LogP contribution in [0.5, 0.6) is 0 Å². The smallest absolute Gasteiger partial charge is 0.307 e. The Labute approximate surface area is 177 Å². The highest BCUT2D eigenvalue weighted by molar-refractivity contribution is 7.12. The summed E-state index contributed by atoms with van der Waals surface area (Å²) in [4.78, 5) is 41.7. The first-order chi connectivity index (χ1) is 14.6. The van der Waals surface area contributed by atoms with Crippen molar-refractivity contribution in [3.8, 4) is 0 Å². The lowest BCUT2D eigenvalue weighted by Crippen LogP contribution is -2.20. The van der Waals surface area contributed by atoms with Crippen LogP contribution in [-0.2, 0) is 9.53 Å².